The van der Waals surface area contributed by atoms with E-state index in [0.717, 1.165) is 17.3 Å². The van der Waals surface area contributed by atoms with Crippen molar-refractivity contribution in [2.45, 2.75) is 19.1 Å². The van der Waals surface area contributed by atoms with E-state index in [-0.39, 0.29) is 11.5 Å². The van der Waals surface area contributed by atoms with Crippen LogP contribution in [0.25, 0.3) is 0 Å². The summed E-state index contributed by atoms with van der Waals surface area (Å²) in [5.41, 5.74) is 0.754. The fraction of sp³-hybridized carbons (Fsp3) is 0.400. The van der Waals surface area contributed by atoms with Crippen molar-refractivity contribution >= 4 is 15.9 Å². The molecule has 0 radical (unpaired) electrons. The molecule has 82 valence electrons. The fourth-order valence-corrected chi connectivity index (χ4v) is 1.76. The Hall–Kier alpha value is -0.840. The quantitative estimate of drug-likeness (QED) is 0.790. The number of alkyl halides is 3. The number of hydrogen-bond donors (Lipinski definition) is 0. The Morgan fingerprint density at radius 2 is 2.07 bits per heavy atom. The molecule has 2 nitrogen and oxygen atoms in total. The van der Waals surface area contributed by atoms with Gasteiger partial charge in [0.2, 0.25) is 0 Å². The van der Waals surface area contributed by atoms with Crippen LogP contribution in [0.2, 0.25) is 0 Å². The van der Waals surface area contributed by atoms with Crippen LogP contribution in [0.1, 0.15) is 12.0 Å². The Kier molecular flexibility index (Phi) is 2.82. The molecule has 2 rings (SSSR count). The van der Waals surface area contributed by atoms with Crippen LogP contribution in [0.3, 0.4) is 0 Å². The first-order chi connectivity index (χ1) is 7.12. The third-order valence-electron chi connectivity index (χ3n) is 2.09. The van der Waals surface area contributed by atoms with Gasteiger partial charge in [-0.05, 0) is 24.5 Å². The van der Waals surface area contributed by atoms with Gasteiger partial charge < -0.3 is 9.47 Å². The molecule has 0 amide bonds. The summed E-state index contributed by atoms with van der Waals surface area (Å²) >= 11 is 3.29. The lowest BCUT2D eigenvalue weighted by Crippen LogP contribution is -2.26. The van der Waals surface area contributed by atoms with E-state index in [1.165, 1.54) is 6.07 Å². The Bertz CT molecular complexity index is 368. The zero-order valence-corrected chi connectivity index (χ0v) is 9.39. The molecule has 15 heavy (non-hydrogen) atoms. The number of aryl methyl sites for hydroxylation is 1. The van der Waals surface area contributed by atoms with Crippen molar-refractivity contribution in [3.8, 4) is 11.5 Å². The summed E-state index contributed by atoms with van der Waals surface area (Å²) in [4.78, 5) is 0. The first kappa shape index (κ1) is 10.7. The number of fused-ring (bicyclic) bond motifs is 1. The van der Waals surface area contributed by atoms with Crippen LogP contribution < -0.4 is 9.47 Å². The van der Waals surface area contributed by atoms with E-state index >= 15 is 0 Å². The predicted octanol–water partition coefficient (Wildman–Crippen LogP) is 3.34. The van der Waals surface area contributed by atoms with Crippen molar-refractivity contribution in [3.63, 3.8) is 0 Å². The van der Waals surface area contributed by atoms with Crippen LogP contribution in [-0.2, 0) is 6.42 Å². The molecule has 0 fully saturated rings. The van der Waals surface area contributed by atoms with Gasteiger partial charge in [0.05, 0.1) is 0 Å². The smallest absolute Gasteiger partial charge is 0.395 e. The Morgan fingerprint density at radius 1 is 1.27 bits per heavy atom. The highest BCUT2D eigenvalue weighted by Gasteiger charge is 2.44. The molecular weight excluding hydrogens is 270 g/mol. The summed E-state index contributed by atoms with van der Waals surface area (Å²) in [7, 11) is 0. The molecule has 1 aliphatic heterocycles. The van der Waals surface area contributed by atoms with Crippen molar-refractivity contribution in [2.24, 2.45) is 0 Å². The van der Waals surface area contributed by atoms with Gasteiger partial charge in [-0.25, -0.2) is 0 Å². The number of halogens is 3. The zero-order chi connectivity index (χ0) is 10.9. The molecule has 0 atom stereocenters. The van der Waals surface area contributed by atoms with E-state index in [1.54, 1.807) is 12.1 Å². The van der Waals surface area contributed by atoms with Gasteiger partial charge in [0.15, 0.2) is 11.5 Å². The van der Waals surface area contributed by atoms with E-state index < -0.39 is 6.29 Å². The largest absolute Gasteiger partial charge is 0.586 e. The van der Waals surface area contributed by atoms with Gasteiger partial charge in [-0.1, -0.05) is 28.1 Å². The molecule has 1 aliphatic rings. The summed E-state index contributed by atoms with van der Waals surface area (Å²) in [6.07, 6.45) is -1.97. The van der Waals surface area contributed by atoms with E-state index in [9.17, 15) is 8.78 Å². The molecule has 5 heteroatoms. The van der Waals surface area contributed by atoms with Crippen LogP contribution in [0.4, 0.5) is 8.78 Å². The average molecular weight is 279 g/mol. The lowest BCUT2D eigenvalue weighted by atomic mass is 10.1. The van der Waals surface area contributed by atoms with E-state index in [0.29, 0.717) is 6.42 Å². The zero-order valence-electron chi connectivity index (χ0n) is 7.80. The molecule has 0 saturated carbocycles. The topological polar surface area (TPSA) is 18.5 Å². The fourth-order valence-electron chi connectivity index (χ4n) is 1.48. The van der Waals surface area contributed by atoms with Gasteiger partial charge in [0.25, 0.3) is 0 Å². The molecule has 0 saturated heterocycles. The monoisotopic (exact) mass is 278 g/mol. The summed E-state index contributed by atoms with van der Waals surface area (Å²) in [6.45, 7) is 0. The normalized spacial score (nSPS) is 16.7. The molecule has 1 aromatic rings. The van der Waals surface area contributed by atoms with Gasteiger partial charge >= 0.3 is 6.29 Å². The minimum absolute atomic E-state index is 0.118. The first-order valence-corrected chi connectivity index (χ1v) is 5.68. The highest BCUT2D eigenvalue weighted by molar-refractivity contribution is 9.09. The maximum atomic E-state index is 12.8. The number of benzene rings is 1. The molecule has 1 aromatic carbocycles. The molecule has 1 heterocycles. The minimum Gasteiger partial charge on any atom is -0.395 e. The highest BCUT2D eigenvalue weighted by Crippen LogP contribution is 2.43. The lowest BCUT2D eigenvalue weighted by Gasteiger charge is -2.06. The van der Waals surface area contributed by atoms with Crippen LogP contribution in [0, 0.1) is 0 Å². The summed E-state index contributed by atoms with van der Waals surface area (Å²) in [6, 6.07) is 4.94. The minimum atomic E-state index is -3.52. The number of para-hydroxylation sites is 1. The summed E-state index contributed by atoms with van der Waals surface area (Å²) < 4.78 is 34.4. The lowest BCUT2D eigenvalue weighted by molar-refractivity contribution is -0.286. The second-order valence-corrected chi connectivity index (χ2v) is 4.00. The van der Waals surface area contributed by atoms with Crippen LogP contribution >= 0.6 is 15.9 Å². The van der Waals surface area contributed by atoms with Gasteiger partial charge in [0, 0.05) is 5.33 Å². The van der Waals surface area contributed by atoms with Crippen molar-refractivity contribution in [1.29, 1.82) is 0 Å². The molecule has 0 aliphatic carbocycles. The van der Waals surface area contributed by atoms with Crippen LogP contribution in [0.15, 0.2) is 18.2 Å². The van der Waals surface area contributed by atoms with Crippen molar-refractivity contribution in [2.75, 3.05) is 5.33 Å². The van der Waals surface area contributed by atoms with Gasteiger partial charge in [-0.2, -0.15) is 0 Å². The second kappa shape index (κ2) is 3.96. The predicted molar refractivity (Wildman–Crippen MR) is 54.8 cm³/mol. The second-order valence-electron chi connectivity index (χ2n) is 3.20. The SMILES string of the molecule is FC1(F)Oc2cccc(CCCBr)c2O1. The standard InChI is InChI=1S/C10H9BrF2O2/c11-6-2-4-7-3-1-5-8-9(7)15-10(12,13)14-8/h1,3,5H,2,4,6H2. The van der Waals surface area contributed by atoms with E-state index in [1.807, 2.05) is 0 Å². The third-order valence-corrected chi connectivity index (χ3v) is 2.65. The van der Waals surface area contributed by atoms with E-state index in [4.69, 9.17) is 0 Å². The molecular formula is C10H9BrF2O2. The van der Waals surface area contributed by atoms with Gasteiger partial charge in [-0.15, -0.1) is 8.78 Å². The van der Waals surface area contributed by atoms with Gasteiger partial charge in [0.1, 0.15) is 0 Å². The average Bonchev–Trinajstić information content (AvgIpc) is 2.49. The first-order valence-electron chi connectivity index (χ1n) is 4.56. The Morgan fingerprint density at radius 3 is 2.80 bits per heavy atom. The highest BCUT2D eigenvalue weighted by atomic mass is 79.9. The van der Waals surface area contributed by atoms with Gasteiger partial charge in [-0.3, -0.25) is 0 Å². The molecule has 0 bridgehead atoms. The molecule has 0 N–H and O–H groups in total. The van der Waals surface area contributed by atoms with E-state index in [2.05, 4.69) is 25.4 Å². The number of hydrogen-bond acceptors (Lipinski definition) is 2. The van der Waals surface area contributed by atoms with Crippen molar-refractivity contribution < 1.29 is 18.3 Å². The molecule has 0 spiro atoms. The third kappa shape index (κ3) is 2.22. The van der Waals surface area contributed by atoms with Crippen LogP contribution in [-0.4, -0.2) is 11.6 Å². The number of rotatable bonds is 3. The molecule has 0 unspecified atom stereocenters. The number of ether oxygens (including phenoxy) is 2. The Balaban J connectivity index is 2.25. The van der Waals surface area contributed by atoms with Crippen LogP contribution in [0.5, 0.6) is 11.5 Å². The maximum Gasteiger partial charge on any atom is 0.586 e. The summed E-state index contributed by atoms with van der Waals surface area (Å²) in [5, 5.41) is 0.827. The van der Waals surface area contributed by atoms with Crippen molar-refractivity contribution in [1.82, 2.24) is 0 Å². The maximum absolute atomic E-state index is 12.8. The summed E-state index contributed by atoms with van der Waals surface area (Å²) in [5.74, 6) is 0.288. The Labute approximate surface area is 94.3 Å². The van der Waals surface area contributed by atoms with Crippen molar-refractivity contribution in [3.05, 3.63) is 23.8 Å². The molecule has 0 aromatic heterocycles.